The number of amides is 1. The van der Waals surface area contributed by atoms with Gasteiger partial charge in [0.25, 0.3) is 0 Å². The van der Waals surface area contributed by atoms with Crippen LogP contribution in [0.2, 0.25) is 0 Å². The minimum Gasteiger partial charge on any atom is -0.460 e. The van der Waals surface area contributed by atoms with Gasteiger partial charge in [0, 0.05) is 11.9 Å². The van der Waals surface area contributed by atoms with Crippen LogP contribution in [0.1, 0.15) is 32.4 Å². The molecule has 0 saturated heterocycles. The Bertz CT molecular complexity index is 555. The van der Waals surface area contributed by atoms with E-state index in [2.05, 4.69) is 5.32 Å². The van der Waals surface area contributed by atoms with Gasteiger partial charge in [-0.15, -0.1) is 0 Å². The molecule has 0 aliphatic rings. The molecule has 4 heteroatoms. The third-order valence-electron chi connectivity index (χ3n) is 3.52. The number of aliphatic hydroxyl groups is 1. The van der Waals surface area contributed by atoms with Gasteiger partial charge in [-0.05, 0) is 25.0 Å². The van der Waals surface area contributed by atoms with E-state index in [4.69, 9.17) is 4.42 Å². The second kappa shape index (κ2) is 6.09. The number of rotatable bonds is 5. The van der Waals surface area contributed by atoms with E-state index in [-0.39, 0.29) is 24.3 Å². The summed E-state index contributed by atoms with van der Waals surface area (Å²) in [4.78, 5) is 12.1. The molecule has 20 heavy (non-hydrogen) atoms. The van der Waals surface area contributed by atoms with Gasteiger partial charge < -0.3 is 14.8 Å². The van der Waals surface area contributed by atoms with Gasteiger partial charge in [-0.3, -0.25) is 4.79 Å². The maximum absolute atomic E-state index is 12.1. The van der Waals surface area contributed by atoms with E-state index in [1.54, 1.807) is 6.92 Å². The van der Waals surface area contributed by atoms with Gasteiger partial charge in [-0.25, -0.2) is 0 Å². The van der Waals surface area contributed by atoms with Crippen molar-refractivity contribution >= 4 is 16.9 Å². The third-order valence-corrected chi connectivity index (χ3v) is 3.52. The Hall–Kier alpha value is -1.81. The lowest BCUT2D eigenvalue weighted by atomic mass is 10.1. The number of carbonyl (C=O) groups is 1. The van der Waals surface area contributed by atoms with E-state index in [1.165, 1.54) is 0 Å². The maximum Gasteiger partial charge on any atom is 0.230 e. The fourth-order valence-electron chi connectivity index (χ4n) is 1.94. The largest absolute Gasteiger partial charge is 0.460 e. The standard InChI is InChI=1S/C16H21NO3/c1-10(2)13(18)9-17-16(19)11(3)15-8-12-6-4-5-7-14(12)20-15/h4-8,10-11,13,18H,9H2,1-3H3,(H,17,19). The lowest BCUT2D eigenvalue weighted by molar-refractivity contribution is -0.123. The first kappa shape index (κ1) is 14.6. The van der Waals surface area contributed by atoms with Crippen LogP contribution in [0.3, 0.4) is 0 Å². The summed E-state index contributed by atoms with van der Waals surface area (Å²) in [6, 6.07) is 9.56. The number of fused-ring (bicyclic) bond motifs is 1. The highest BCUT2D eigenvalue weighted by molar-refractivity contribution is 5.85. The van der Waals surface area contributed by atoms with Crippen molar-refractivity contribution in [1.82, 2.24) is 5.32 Å². The summed E-state index contributed by atoms with van der Waals surface area (Å²) in [6.07, 6.45) is -0.526. The minimum absolute atomic E-state index is 0.122. The molecule has 0 aliphatic carbocycles. The van der Waals surface area contributed by atoms with Crippen molar-refractivity contribution in [3.63, 3.8) is 0 Å². The van der Waals surface area contributed by atoms with E-state index in [0.29, 0.717) is 5.76 Å². The first-order valence-corrected chi connectivity index (χ1v) is 6.93. The van der Waals surface area contributed by atoms with Crippen molar-refractivity contribution < 1.29 is 14.3 Å². The Morgan fingerprint density at radius 1 is 1.30 bits per heavy atom. The van der Waals surface area contributed by atoms with E-state index in [1.807, 2.05) is 44.2 Å². The molecule has 2 unspecified atom stereocenters. The zero-order chi connectivity index (χ0) is 14.7. The highest BCUT2D eigenvalue weighted by atomic mass is 16.3. The molecular weight excluding hydrogens is 254 g/mol. The van der Waals surface area contributed by atoms with Crippen LogP contribution >= 0.6 is 0 Å². The van der Waals surface area contributed by atoms with Crippen molar-refractivity contribution in [3.05, 3.63) is 36.1 Å². The van der Waals surface area contributed by atoms with Crippen LogP contribution in [0.25, 0.3) is 11.0 Å². The monoisotopic (exact) mass is 275 g/mol. The van der Waals surface area contributed by atoms with Gasteiger partial charge in [0.2, 0.25) is 5.91 Å². The van der Waals surface area contributed by atoms with E-state index < -0.39 is 6.10 Å². The van der Waals surface area contributed by atoms with Gasteiger partial charge in [0.05, 0.1) is 12.0 Å². The lowest BCUT2D eigenvalue weighted by Crippen LogP contribution is -2.36. The molecular formula is C16H21NO3. The number of carbonyl (C=O) groups excluding carboxylic acids is 1. The van der Waals surface area contributed by atoms with E-state index in [9.17, 15) is 9.90 Å². The van der Waals surface area contributed by atoms with Crippen molar-refractivity contribution in [2.75, 3.05) is 6.54 Å². The van der Waals surface area contributed by atoms with Crippen molar-refractivity contribution in [3.8, 4) is 0 Å². The number of para-hydroxylation sites is 1. The van der Waals surface area contributed by atoms with E-state index >= 15 is 0 Å². The topological polar surface area (TPSA) is 62.5 Å². The molecule has 2 rings (SSSR count). The number of benzene rings is 1. The summed E-state index contributed by atoms with van der Waals surface area (Å²) >= 11 is 0. The molecule has 0 bridgehead atoms. The highest BCUT2D eigenvalue weighted by Crippen LogP contribution is 2.24. The lowest BCUT2D eigenvalue weighted by Gasteiger charge is -2.16. The first-order valence-electron chi connectivity index (χ1n) is 6.93. The van der Waals surface area contributed by atoms with Crippen LogP contribution < -0.4 is 5.32 Å². The minimum atomic E-state index is -0.526. The van der Waals surface area contributed by atoms with Crippen LogP contribution in [0.4, 0.5) is 0 Å². The summed E-state index contributed by atoms with van der Waals surface area (Å²) in [5.74, 6) is 0.255. The van der Waals surface area contributed by atoms with Crippen molar-refractivity contribution in [2.24, 2.45) is 5.92 Å². The first-order chi connectivity index (χ1) is 9.49. The summed E-state index contributed by atoms with van der Waals surface area (Å²) in [6.45, 7) is 5.90. The van der Waals surface area contributed by atoms with Crippen molar-refractivity contribution in [2.45, 2.75) is 32.8 Å². The molecule has 2 atom stereocenters. The van der Waals surface area contributed by atoms with Gasteiger partial charge in [-0.2, -0.15) is 0 Å². The molecule has 2 aromatic rings. The molecule has 2 N–H and O–H groups in total. The molecule has 0 saturated carbocycles. The number of furan rings is 1. The smallest absolute Gasteiger partial charge is 0.230 e. The summed E-state index contributed by atoms with van der Waals surface area (Å²) in [5.41, 5.74) is 0.782. The quantitative estimate of drug-likeness (QED) is 0.882. The second-order valence-corrected chi connectivity index (χ2v) is 5.46. The summed E-state index contributed by atoms with van der Waals surface area (Å²) in [7, 11) is 0. The fourth-order valence-corrected chi connectivity index (χ4v) is 1.94. The SMILES string of the molecule is CC(C(=O)NCC(O)C(C)C)c1cc2ccccc2o1. The molecule has 4 nitrogen and oxygen atoms in total. The second-order valence-electron chi connectivity index (χ2n) is 5.46. The zero-order valence-electron chi connectivity index (χ0n) is 12.1. The van der Waals surface area contributed by atoms with Crippen LogP contribution in [-0.2, 0) is 4.79 Å². The number of aliphatic hydroxyl groups excluding tert-OH is 1. The predicted octanol–water partition coefficient (Wildman–Crippen LogP) is 2.67. The summed E-state index contributed by atoms with van der Waals surface area (Å²) < 4.78 is 5.68. The molecule has 0 radical (unpaired) electrons. The van der Waals surface area contributed by atoms with Gasteiger partial charge >= 0.3 is 0 Å². The molecule has 0 fully saturated rings. The molecule has 1 aromatic heterocycles. The fraction of sp³-hybridized carbons (Fsp3) is 0.438. The van der Waals surface area contributed by atoms with Gasteiger partial charge in [0.1, 0.15) is 11.3 Å². The molecule has 108 valence electrons. The van der Waals surface area contributed by atoms with Crippen LogP contribution in [-0.4, -0.2) is 23.7 Å². The van der Waals surface area contributed by atoms with E-state index in [0.717, 1.165) is 11.0 Å². The molecule has 1 aromatic carbocycles. The number of nitrogens with one attached hydrogen (secondary N) is 1. The highest BCUT2D eigenvalue weighted by Gasteiger charge is 2.20. The van der Waals surface area contributed by atoms with Crippen LogP contribution in [0.15, 0.2) is 34.7 Å². The van der Waals surface area contributed by atoms with Crippen LogP contribution in [0, 0.1) is 5.92 Å². The Kier molecular flexibility index (Phi) is 4.45. The van der Waals surface area contributed by atoms with Gasteiger partial charge in [0.15, 0.2) is 0 Å². The zero-order valence-corrected chi connectivity index (χ0v) is 12.1. The molecule has 0 spiro atoms. The Labute approximate surface area is 118 Å². The normalized spacial score (nSPS) is 14.4. The Balaban J connectivity index is 2.03. The van der Waals surface area contributed by atoms with Crippen LogP contribution in [0.5, 0.6) is 0 Å². The molecule has 1 amide bonds. The molecule has 0 aliphatic heterocycles. The Morgan fingerprint density at radius 3 is 2.65 bits per heavy atom. The molecule has 1 heterocycles. The Morgan fingerprint density at radius 2 is 2.00 bits per heavy atom. The number of hydrogen-bond acceptors (Lipinski definition) is 3. The average Bonchev–Trinajstić information content (AvgIpc) is 2.87. The maximum atomic E-state index is 12.1. The average molecular weight is 275 g/mol. The predicted molar refractivity (Wildman–Crippen MR) is 78.5 cm³/mol. The summed E-state index contributed by atoms with van der Waals surface area (Å²) in [5, 5.41) is 13.5. The van der Waals surface area contributed by atoms with Crippen molar-refractivity contribution in [1.29, 1.82) is 0 Å². The number of hydrogen-bond donors (Lipinski definition) is 2. The third kappa shape index (κ3) is 3.20. The van der Waals surface area contributed by atoms with Gasteiger partial charge in [-0.1, -0.05) is 32.0 Å².